The molecule has 1 aromatic carbocycles. The van der Waals surface area contributed by atoms with Crippen LogP contribution in [0.4, 0.5) is 0 Å². The van der Waals surface area contributed by atoms with Crippen LogP contribution in [0.25, 0.3) is 11.0 Å². The first-order valence-electron chi connectivity index (χ1n) is 6.38. The molecule has 0 radical (unpaired) electrons. The Kier molecular flexibility index (Phi) is 3.51. The van der Waals surface area contributed by atoms with Crippen LogP contribution in [-0.4, -0.2) is 10.2 Å². The van der Waals surface area contributed by atoms with Crippen LogP contribution < -0.4 is 5.43 Å². The predicted molar refractivity (Wildman–Crippen MR) is 73.7 cm³/mol. The standard InChI is InChI=1S/C15H18O4/c1-8(2)4-5-10-11(16)7-13(18)14-12(17)6-9(3)19-15(10)14/h6-8,16,18H,4-5H2,1-3H3. The molecular weight excluding hydrogens is 244 g/mol. The van der Waals surface area contributed by atoms with Gasteiger partial charge in [-0.1, -0.05) is 13.8 Å². The van der Waals surface area contributed by atoms with Gasteiger partial charge in [0.1, 0.15) is 28.2 Å². The maximum absolute atomic E-state index is 11.9. The maximum Gasteiger partial charge on any atom is 0.196 e. The van der Waals surface area contributed by atoms with Crippen molar-refractivity contribution in [2.24, 2.45) is 5.92 Å². The topological polar surface area (TPSA) is 70.7 Å². The van der Waals surface area contributed by atoms with Crippen molar-refractivity contribution in [1.82, 2.24) is 0 Å². The second-order valence-corrected chi connectivity index (χ2v) is 5.25. The number of phenols is 2. The van der Waals surface area contributed by atoms with Gasteiger partial charge in [0.05, 0.1) is 0 Å². The molecule has 1 heterocycles. The van der Waals surface area contributed by atoms with E-state index in [1.165, 1.54) is 12.1 Å². The molecular formula is C15H18O4. The molecule has 0 saturated heterocycles. The van der Waals surface area contributed by atoms with E-state index in [2.05, 4.69) is 13.8 Å². The number of hydrogen-bond acceptors (Lipinski definition) is 4. The first kappa shape index (κ1) is 13.5. The fraction of sp³-hybridized carbons (Fsp3) is 0.400. The summed E-state index contributed by atoms with van der Waals surface area (Å²) < 4.78 is 5.55. The van der Waals surface area contributed by atoms with Crippen LogP contribution in [0.3, 0.4) is 0 Å². The number of fused-ring (bicyclic) bond motifs is 1. The largest absolute Gasteiger partial charge is 0.507 e. The van der Waals surface area contributed by atoms with Crippen molar-refractivity contribution in [3.63, 3.8) is 0 Å². The Bertz CT molecular complexity index is 668. The number of rotatable bonds is 3. The van der Waals surface area contributed by atoms with E-state index in [9.17, 15) is 15.0 Å². The van der Waals surface area contributed by atoms with E-state index in [-0.39, 0.29) is 22.3 Å². The Morgan fingerprint density at radius 1 is 1.21 bits per heavy atom. The van der Waals surface area contributed by atoms with Gasteiger partial charge in [-0.15, -0.1) is 0 Å². The van der Waals surface area contributed by atoms with Crippen molar-refractivity contribution in [2.45, 2.75) is 33.6 Å². The lowest BCUT2D eigenvalue weighted by molar-refractivity contribution is 0.442. The van der Waals surface area contributed by atoms with E-state index in [1.807, 2.05) is 0 Å². The molecule has 0 fully saturated rings. The smallest absolute Gasteiger partial charge is 0.196 e. The van der Waals surface area contributed by atoms with Crippen molar-refractivity contribution in [3.8, 4) is 11.5 Å². The van der Waals surface area contributed by atoms with Crippen LogP contribution in [0.15, 0.2) is 21.3 Å². The van der Waals surface area contributed by atoms with Gasteiger partial charge in [-0.2, -0.15) is 0 Å². The summed E-state index contributed by atoms with van der Waals surface area (Å²) in [6.07, 6.45) is 1.47. The molecule has 0 bridgehead atoms. The molecule has 0 saturated carbocycles. The summed E-state index contributed by atoms with van der Waals surface area (Å²) in [5.41, 5.74) is 0.590. The lowest BCUT2D eigenvalue weighted by Gasteiger charge is -2.11. The minimum absolute atomic E-state index is 0.0283. The third kappa shape index (κ3) is 2.57. The summed E-state index contributed by atoms with van der Waals surface area (Å²) in [5.74, 6) is 0.669. The summed E-state index contributed by atoms with van der Waals surface area (Å²) >= 11 is 0. The second kappa shape index (κ2) is 4.96. The van der Waals surface area contributed by atoms with Crippen molar-refractivity contribution in [2.75, 3.05) is 0 Å². The minimum Gasteiger partial charge on any atom is -0.507 e. The Hall–Kier alpha value is -1.97. The molecule has 0 aliphatic carbocycles. The SMILES string of the molecule is Cc1cc(=O)c2c(O)cc(O)c(CCC(C)C)c2o1. The minimum atomic E-state index is -0.290. The van der Waals surface area contributed by atoms with Crippen molar-refractivity contribution < 1.29 is 14.6 Å². The third-order valence-corrected chi connectivity index (χ3v) is 3.16. The Morgan fingerprint density at radius 3 is 2.53 bits per heavy atom. The highest BCUT2D eigenvalue weighted by Gasteiger charge is 2.16. The molecule has 2 rings (SSSR count). The maximum atomic E-state index is 11.9. The highest BCUT2D eigenvalue weighted by Crippen LogP contribution is 2.34. The van der Waals surface area contributed by atoms with Crippen molar-refractivity contribution in [1.29, 1.82) is 0 Å². The lowest BCUT2D eigenvalue weighted by Crippen LogP contribution is -2.03. The highest BCUT2D eigenvalue weighted by atomic mass is 16.3. The van der Waals surface area contributed by atoms with Gasteiger partial charge in [-0.3, -0.25) is 4.79 Å². The molecule has 102 valence electrons. The van der Waals surface area contributed by atoms with E-state index >= 15 is 0 Å². The van der Waals surface area contributed by atoms with E-state index in [4.69, 9.17) is 4.42 Å². The van der Waals surface area contributed by atoms with Crippen LogP contribution in [0.5, 0.6) is 11.5 Å². The van der Waals surface area contributed by atoms with Crippen molar-refractivity contribution in [3.05, 3.63) is 33.7 Å². The summed E-state index contributed by atoms with van der Waals surface area (Å²) in [7, 11) is 0. The predicted octanol–water partition coefficient (Wildman–Crippen LogP) is 3.10. The molecule has 0 aliphatic heterocycles. The van der Waals surface area contributed by atoms with Gasteiger partial charge in [0.2, 0.25) is 0 Å². The number of benzene rings is 1. The highest BCUT2D eigenvalue weighted by molar-refractivity contribution is 5.88. The number of aromatic hydroxyl groups is 2. The zero-order chi connectivity index (χ0) is 14.2. The summed E-state index contributed by atoms with van der Waals surface area (Å²) in [5, 5.41) is 19.9. The first-order valence-corrected chi connectivity index (χ1v) is 6.38. The summed E-state index contributed by atoms with van der Waals surface area (Å²) in [6, 6.07) is 2.55. The zero-order valence-electron chi connectivity index (χ0n) is 11.4. The van der Waals surface area contributed by atoms with E-state index in [1.54, 1.807) is 6.92 Å². The Morgan fingerprint density at radius 2 is 1.89 bits per heavy atom. The fourth-order valence-corrected chi connectivity index (χ4v) is 2.14. The number of phenolic OH excluding ortho intramolecular Hbond substituents is 2. The molecule has 2 aromatic rings. The molecule has 4 nitrogen and oxygen atoms in total. The van der Waals surface area contributed by atoms with E-state index in [0.29, 0.717) is 29.2 Å². The molecule has 2 N–H and O–H groups in total. The van der Waals surface area contributed by atoms with Crippen LogP contribution in [0.1, 0.15) is 31.6 Å². The zero-order valence-corrected chi connectivity index (χ0v) is 11.4. The van der Waals surface area contributed by atoms with Gasteiger partial charge >= 0.3 is 0 Å². The van der Waals surface area contributed by atoms with Gasteiger partial charge in [0.25, 0.3) is 0 Å². The van der Waals surface area contributed by atoms with Crippen LogP contribution in [0, 0.1) is 12.8 Å². The molecule has 19 heavy (non-hydrogen) atoms. The van der Waals surface area contributed by atoms with Crippen LogP contribution >= 0.6 is 0 Å². The molecule has 0 aliphatic rings. The monoisotopic (exact) mass is 262 g/mol. The van der Waals surface area contributed by atoms with Crippen LogP contribution in [0.2, 0.25) is 0 Å². The molecule has 4 heteroatoms. The molecule has 0 atom stereocenters. The Balaban J connectivity index is 2.71. The average molecular weight is 262 g/mol. The lowest BCUT2D eigenvalue weighted by atomic mass is 9.99. The number of hydrogen-bond donors (Lipinski definition) is 2. The average Bonchev–Trinajstić information content (AvgIpc) is 2.26. The fourth-order valence-electron chi connectivity index (χ4n) is 2.14. The van der Waals surface area contributed by atoms with E-state index < -0.39 is 0 Å². The van der Waals surface area contributed by atoms with Gasteiger partial charge in [-0.25, -0.2) is 0 Å². The Labute approximate surface area is 111 Å². The quantitative estimate of drug-likeness (QED) is 0.891. The van der Waals surface area contributed by atoms with Gasteiger partial charge < -0.3 is 14.6 Å². The van der Waals surface area contributed by atoms with Gasteiger partial charge in [-0.05, 0) is 25.7 Å². The van der Waals surface area contributed by atoms with Crippen molar-refractivity contribution >= 4 is 11.0 Å². The normalized spacial score (nSPS) is 11.4. The van der Waals surface area contributed by atoms with Crippen LogP contribution in [-0.2, 0) is 6.42 Å². The first-order chi connectivity index (χ1) is 8.90. The number of aryl methyl sites for hydroxylation is 2. The summed E-state index contributed by atoms with van der Waals surface area (Å²) in [6.45, 7) is 5.84. The molecule has 0 spiro atoms. The molecule has 1 aromatic heterocycles. The molecule has 0 unspecified atom stereocenters. The van der Waals surface area contributed by atoms with Gasteiger partial charge in [0, 0.05) is 17.7 Å². The molecule has 0 amide bonds. The van der Waals surface area contributed by atoms with E-state index in [0.717, 1.165) is 6.42 Å². The summed E-state index contributed by atoms with van der Waals surface area (Å²) in [4.78, 5) is 11.9. The third-order valence-electron chi connectivity index (χ3n) is 3.16. The van der Waals surface area contributed by atoms with Gasteiger partial charge in [0.15, 0.2) is 5.43 Å². The second-order valence-electron chi connectivity index (χ2n) is 5.25.